The number of hydrogen-bond donors (Lipinski definition) is 1. The van der Waals surface area contributed by atoms with Gasteiger partial charge in [-0.1, -0.05) is 0 Å². The molecule has 74 valence electrons. The van der Waals surface area contributed by atoms with Gasteiger partial charge in [0.2, 0.25) is 0 Å². The molecule has 1 unspecified atom stereocenters. The number of aryl methyl sites for hydroxylation is 1. The maximum atomic E-state index is 12.5. The Morgan fingerprint density at radius 1 is 1.77 bits per heavy atom. The third-order valence-electron chi connectivity index (χ3n) is 1.51. The van der Waals surface area contributed by atoms with Crippen LogP contribution >= 0.6 is 27.5 Å². The van der Waals surface area contributed by atoms with Gasteiger partial charge < -0.3 is 5.11 Å². The minimum Gasteiger partial charge on any atom is -0.379 e. The lowest BCUT2D eigenvalue weighted by atomic mass is 10.2. The molecule has 0 spiro atoms. The van der Waals surface area contributed by atoms with E-state index in [0.29, 0.717) is 4.47 Å². The molecule has 3 nitrogen and oxygen atoms in total. The molecule has 1 heterocycles. The van der Waals surface area contributed by atoms with Crippen LogP contribution in [0.4, 0.5) is 8.78 Å². The second kappa shape index (κ2) is 3.51. The summed E-state index contributed by atoms with van der Waals surface area (Å²) in [6, 6.07) is 0. The van der Waals surface area contributed by atoms with E-state index in [4.69, 9.17) is 5.11 Å². The predicted molar refractivity (Wildman–Crippen MR) is 46.7 cm³/mol. The van der Waals surface area contributed by atoms with E-state index in [1.54, 1.807) is 0 Å². The van der Waals surface area contributed by atoms with E-state index in [9.17, 15) is 8.78 Å². The van der Waals surface area contributed by atoms with Gasteiger partial charge in [0.15, 0.2) is 6.10 Å². The summed E-state index contributed by atoms with van der Waals surface area (Å²) in [6.07, 6.45) is -0.766. The van der Waals surface area contributed by atoms with E-state index < -0.39 is 11.5 Å². The number of hydrogen-bond acceptors (Lipinski definition) is 2. The molecule has 7 heteroatoms. The molecule has 0 fully saturated rings. The van der Waals surface area contributed by atoms with Crippen molar-refractivity contribution in [2.24, 2.45) is 7.05 Å². The topological polar surface area (TPSA) is 38.0 Å². The monoisotopic (exact) mass is 274 g/mol. The van der Waals surface area contributed by atoms with Gasteiger partial charge in [-0.05, 0) is 27.5 Å². The molecular weight excluding hydrogens is 269 g/mol. The zero-order valence-corrected chi connectivity index (χ0v) is 8.85. The predicted octanol–water partition coefficient (Wildman–Crippen LogP) is 2.05. The first-order valence-electron chi connectivity index (χ1n) is 3.26. The van der Waals surface area contributed by atoms with Gasteiger partial charge in [-0.25, -0.2) is 0 Å². The zero-order chi connectivity index (χ0) is 10.2. The number of nitrogens with zero attached hydrogens (tertiary/aromatic N) is 2. The molecule has 0 aliphatic rings. The number of halogens is 4. The van der Waals surface area contributed by atoms with Gasteiger partial charge in [0, 0.05) is 7.05 Å². The molecule has 0 saturated heterocycles. The van der Waals surface area contributed by atoms with Gasteiger partial charge in [-0.15, -0.1) is 0 Å². The molecule has 0 radical (unpaired) electrons. The third-order valence-corrected chi connectivity index (χ3v) is 2.32. The first kappa shape index (κ1) is 10.9. The normalized spacial score (nSPS) is 14.6. The Morgan fingerprint density at radius 2 is 2.31 bits per heavy atom. The van der Waals surface area contributed by atoms with Crippen molar-refractivity contribution >= 4 is 27.5 Å². The van der Waals surface area contributed by atoms with Gasteiger partial charge in [0.25, 0.3) is 0 Å². The van der Waals surface area contributed by atoms with Crippen LogP contribution in [-0.2, 0) is 7.05 Å². The smallest absolute Gasteiger partial charge is 0.352 e. The van der Waals surface area contributed by atoms with E-state index >= 15 is 0 Å². The maximum Gasteiger partial charge on any atom is 0.352 e. The SMILES string of the molecule is Cn1ncc(Br)c1C(O)C(F)(F)Cl. The van der Waals surface area contributed by atoms with E-state index in [1.807, 2.05) is 0 Å². The van der Waals surface area contributed by atoms with Crippen LogP contribution in [0.3, 0.4) is 0 Å². The van der Waals surface area contributed by atoms with Gasteiger partial charge >= 0.3 is 5.38 Å². The fourth-order valence-corrected chi connectivity index (χ4v) is 1.55. The van der Waals surface area contributed by atoms with Gasteiger partial charge in [0.1, 0.15) is 0 Å². The van der Waals surface area contributed by atoms with Crippen molar-refractivity contribution in [3.63, 3.8) is 0 Å². The average Bonchev–Trinajstić information content (AvgIpc) is 2.28. The molecule has 1 aromatic rings. The van der Waals surface area contributed by atoms with Crippen LogP contribution in [0.1, 0.15) is 11.8 Å². The first-order chi connectivity index (χ1) is 5.84. The van der Waals surface area contributed by atoms with Crippen LogP contribution in [0.5, 0.6) is 0 Å². The second-order valence-electron chi connectivity index (χ2n) is 2.45. The molecule has 0 saturated carbocycles. The Morgan fingerprint density at radius 3 is 2.62 bits per heavy atom. The van der Waals surface area contributed by atoms with Gasteiger partial charge in [-0.2, -0.15) is 13.9 Å². The fraction of sp³-hybridized carbons (Fsp3) is 0.500. The van der Waals surface area contributed by atoms with Gasteiger partial charge in [0.05, 0.1) is 16.4 Å². The number of aliphatic hydroxyl groups is 1. The van der Waals surface area contributed by atoms with Crippen LogP contribution in [0.25, 0.3) is 0 Å². The molecule has 1 aromatic heterocycles. The van der Waals surface area contributed by atoms with Crippen molar-refractivity contribution < 1.29 is 13.9 Å². The van der Waals surface area contributed by atoms with E-state index in [2.05, 4.69) is 32.6 Å². The lowest BCUT2D eigenvalue weighted by Gasteiger charge is -2.16. The second-order valence-corrected chi connectivity index (χ2v) is 3.80. The maximum absolute atomic E-state index is 12.5. The molecule has 0 aliphatic heterocycles. The summed E-state index contributed by atoms with van der Waals surface area (Å²) in [4.78, 5) is 0. The first-order valence-corrected chi connectivity index (χ1v) is 4.43. The summed E-state index contributed by atoms with van der Waals surface area (Å²) < 4.78 is 26.4. The Kier molecular flexibility index (Phi) is 2.94. The summed E-state index contributed by atoms with van der Waals surface area (Å²) in [5.74, 6) is 0. The molecule has 1 N–H and O–H groups in total. The van der Waals surface area contributed by atoms with E-state index in [-0.39, 0.29) is 5.69 Å². The summed E-state index contributed by atoms with van der Waals surface area (Å²) >= 11 is 7.65. The number of aliphatic hydroxyl groups excluding tert-OH is 1. The van der Waals surface area contributed by atoms with Gasteiger partial charge in [-0.3, -0.25) is 4.68 Å². The zero-order valence-electron chi connectivity index (χ0n) is 6.51. The summed E-state index contributed by atoms with van der Waals surface area (Å²) in [5, 5.41) is 9.11. The highest BCUT2D eigenvalue weighted by molar-refractivity contribution is 9.10. The number of alkyl halides is 3. The molecule has 13 heavy (non-hydrogen) atoms. The molecule has 0 aromatic carbocycles. The average molecular weight is 275 g/mol. The van der Waals surface area contributed by atoms with Crippen LogP contribution in [0.2, 0.25) is 0 Å². The Hall–Kier alpha value is -0.200. The van der Waals surface area contributed by atoms with Crippen LogP contribution in [-0.4, -0.2) is 20.3 Å². The highest BCUT2D eigenvalue weighted by atomic mass is 79.9. The highest BCUT2D eigenvalue weighted by Gasteiger charge is 2.39. The van der Waals surface area contributed by atoms with Crippen molar-refractivity contribution in [2.75, 3.05) is 0 Å². The Balaban J connectivity index is 3.08. The van der Waals surface area contributed by atoms with Crippen LogP contribution in [0, 0.1) is 0 Å². The Bertz CT molecular complexity index is 293. The molecule has 1 atom stereocenters. The largest absolute Gasteiger partial charge is 0.379 e. The molecular formula is C6H6BrClF2N2O. The fourth-order valence-electron chi connectivity index (χ4n) is 0.883. The lowest BCUT2D eigenvalue weighted by Crippen LogP contribution is -2.21. The Labute approximate surface area is 86.4 Å². The number of rotatable bonds is 2. The highest BCUT2D eigenvalue weighted by Crippen LogP contribution is 2.37. The number of aromatic nitrogens is 2. The van der Waals surface area contributed by atoms with Crippen LogP contribution in [0.15, 0.2) is 10.7 Å². The van der Waals surface area contributed by atoms with Crippen molar-refractivity contribution in [3.05, 3.63) is 16.4 Å². The minimum atomic E-state index is -3.70. The van der Waals surface area contributed by atoms with Crippen molar-refractivity contribution in [1.82, 2.24) is 9.78 Å². The molecule has 0 aliphatic carbocycles. The molecule has 0 amide bonds. The summed E-state index contributed by atoms with van der Waals surface area (Å²) in [7, 11) is 1.44. The minimum absolute atomic E-state index is 0.0556. The van der Waals surface area contributed by atoms with E-state index in [0.717, 1.165) is 4.68 Å². The standard InChI is InChI=1S/C6H6BrClF2N2O/c1-12-4(3(7)2-11-12)5(13)6(8,9)10/h2,5,13H,1H3. The summed E-state index contributed by atoms with van der Waals surface area (Å²) in [6.45, 7) is 0. The lowest BCUT2D eigenvalue weighted by molar-refractivity contribution is -0.0467. The van der Waals surface area contributed by atoms with Crippen molar-refractivity contribution in [2.45, 2.75) is 11.5 Å². The summed E-state index contributed by atoms with van der Waals surface area (Å²) in [5.41, 5.74) is -0.0556. The van der Waals surface area contributed by atoms with Crippen molar-refractivity contribution in [3.8, 4) is 0 Å². The van der Waals surface area contributed by atoms with Crippen molar-refractivity contribution in [1.29, 1.82) is 0 Å². The quantitative estimate of drug-likeness (QED) is 0.839. The third kappa shape index (κ3) is 2.18. The molecule has 1 rings (SSSR count). The van der Waals surface area contributed by atoms with E-state index in [1.165, 1.54) is 13.2 Å². The molecule has 0 bridgehead atoms. The van der Waals surface area contributed by atoms with Crippen LogP contribution < -0.4 is 0 Å².